The molecule has 2 rings (SSSR count). The van der Waals surface area contributed by atoms with Gasteiger partial charge in [-0.15, -0.1) is 24.8 Å². The maximum absolute atomic E-state index is 12.8. The van der Waals surface area contributed by atoms with Crippen LogP contribution in [0.5, 0.6) is 0 Å². The van der Waals surface area contributed by atoms with Crippen LogP contribution in [0.3, 0.4) is 0 Å². The summed E-state index contributed by atoms with van der Waals surface area (Å²) in [6, 6.07) is 5.80. The number of carbonyl (C=O) groups is 1. The first-order chi connectivity index (χ1) is 7.65. The molecule has 2 N–H and O–H groups in total. The van der Waals surface area contributed by atoms with E-state index in [9.17, 15) is 14.3 Å². The van der Waals surface area contributed by atoms with Gasteiger partial charge in [-0.25, -0.2) is 4.39 Å². The van der Waals surface area contributed by atoms with Crippen LogP contribution >= 0.6 is 24.8 Å². The van der Waals surface area contributed by atoms with Gasteiger partial charge in [0.1, 0.15) is 5.82 Å². The van der Waals surface area contributed by atoms with Crippen LogP contribution in [0.25, 0.3) is 0 Å². The molecule has 1 aliphatic heterocycles. The van der Waals surface area contributed by atoms with Crippen LogP contribution in [0.2, 0.25) is 0 Å². The van der Waals surface area contributed by atoms with Gasteiger partial charge in [0.25, 0.3) is 0 Å². The van der Waals surface area contributed by atoms with E-state index in [-0.39, 0.29) is 30.6 Å². The van der Waals surface area contributed by atoms with Crippen molar-refractivity contribution in [2.75, 3.05) is 13.1 Å². The van der Waals surface area contributed by atoms with Gasteiger partial charge >= 0.3 is 5.97 Å². The van der Waals surface area contributed by atoms with E-state index >= 15 is 0 Å². The number of nitrogens with one attached hydrogen (secondary N) is 1. The Hall–Kier alpha value is -0.840. The van der Waals surface area contributed by atoms with Gasteiger partial charge in [0, 0.05) is 0 Å². The van der Waals surface area contributed by atoms with Crippen molar-refractivity contribution in [2.45, 2.75) is 18.3 Å². The van der Waals surface area contributed by atoms with E-state index in [0.29, 0.717) is 31.5 Å². The second kappa shape index (κ2) is 6.92. The van der Waals surface area contributed by atoms with E-state index in [4.69, 9.17) is 0 Å². The molecular formula is C12H16Cl2FNO2. The summed E-state index contributed by atoms with van der Waals surface area (Å²) in [5.41, 5.74) is -0.151. The highest BCUT2D eigenvalue weighted by atomic mass is 35.5. The fourth-order valence-corrected chi connectivity index (χ4v) is 2.25. The zero-order valence-corrected chi connectivity index (χ0v) is 11.3. The van der Waals surface area contributed by atoms with Crippen molar-refractivity contribution in [1.29, 1.82) is 0 Å². The zero-order chi connectivity index (χ0) is 11.6. The molecule has 6 heteroatoms. The van der Waals surface area contributed by atoms with E-state index < -0.39 is 11.4 Å². The number of benzene rings is 1. The molecule has 0 bridgehead atoms. The number of carboxylic acid groups (broad SMARTS) is 1. The fraction of sp³-hybridized carbons (Fsp3) is 0.417. The highest BCUT2D eigenvalue weighted by Crippen LogP contribution is 2.33. The molecule has 0 unspecified atom stereocenters. The minimum Gasteiger partial charge on any atom is -0.481 e. The molecular weight excluding hydrogens is 280 g/mol. The average Bonchev–Trinajstić information content (AvgIpc) is 2.30. The van der Waals surface area contributed by atoms with E-state index in [1.54, 1.807) is 12.1 Å². The SMILES string of the molecule is Cl.Cl.O=C(O)C1(c2ccc(F)cc2)CCNCC1. The van der Waals surface area contributed by atoms with Crippen molar-refractivity contribution in [3.63, 3.8) is 0 Å². The van der Waals surface area contributed by atoms with Crippen LogP contribution in [0.4, 0.5) is 4.39 Å². The van der Waals surface area contributed by atoms with Gasteiger partial charge in [-0.1, -0.05) is 12.1 Å². The third-order valence-corrected chi connectivity index (χ3v) is 3.26. The summed E-state index contributed by atoms with van der Waals surface area (Å²) in [6.07, 6.45) is 1.10. The first-order valence-electron chi connectivity index (χ1n) is 5.35. The Labute approximate surface area is 118 Å². The maximum atomic E-state index is 12.8. The van der Waals surface area contributed by atoms with E-state index in [1.807, 2.05) is 0 Å². The summed E-state index contributed by atoms with van der Waals surface area (Å²) in [6.45, 7) is 1.37. The van der Waals surface area contributed by atoms with Crippen LogP contribution in [0.15, 0.2) is 24.3 Å². The molecule has 0 amide bonds. The van der Waals surface area contributed by atoms with Crippen LogP contribution in [0.1, 0.15) is 18.4 Å². The number of hydrogen-bond donors (Lipinski definition) is 2. The standard InChI is InChI=1S/C12H14FNO2.2ClH/c13-10-3-1-9(2-4-10)12(11(15)16)5-7-14-8-6-12;;/h1-4,14H,5-8H2,(H,15,16);2*1H. The van der Waals surface area contributed by atoms with Crippen molar-refractivity contribution in [2.24, 2.45) is 0 Å². The molecule has 0 saturated carbocycles. The molecule has 1 fully saturated rings. The average molecular weight is 296 g/mol. The number of carboxylic acids is 1. The van der Waals surface area contributed by atoms with Crippen LogP contribution in [0, 0.1) is 5.82 Å². The van der Waals surface area contributed by atoms with Crippen molar-refractivity contribution in [1.82, 2.24) is 5.32 Å². The molecule has 0 aliphatic carbocycles. The fourth-order valence-electron chi connectivity index (χ4n) is 2.25. The quantitative estimate of drug-likeness (QED) is 0.881. The van der Waals surface area contributed by atoms with Gasteiger partial charge in [-0.3, -0.25) is 4.79 Å². The van der Waals surface area contributed by atoms with Gasteiger partial charge in [0.05, 0.1) is 5.41 Å². The second-order valence-corrected chi connectivity index (χ2v) is 4.14. The summed E-state index contributed by atoms with van der Waals surface area (Å²) < 4.78 is 12.8. The molecule has 1 aromatic rings. The summed E-state index contributed by atoms with van der Waals surface area (Å²) >= 11 is 0. The number of piperidine rings is 1. The molecule has 1 heterocycles. The normalized spacial score (nSPS) is 17.2. The first kappa shape index (κ1) is 17.2. The molecule has 3 nitrogen and oxygen atoms in total. The van der Waals surface area contributed by atoms with Crippen LogP contribution in [-0.4, -0.2) is 24.2 Å². The Morgan fingerprint density at radius 3 is 2.11 bits per heavy atom. The largest absolute Gasteiger partial charge is 0.481 e. The molecule has 102 valence electrons. The molecule has 1 aliphatic rings. The Bertz CT molecular complexity index is 392. The Morgan fingerprint density at radius 2 is 1.67 bits per heavy atom. The highest BCUT2D eigenvalue weighted by Gasteiger charge is 2.41. The predicted octanol–water partition coefficient (Wildman–Crippen LogP) is 2.38. The van der Waals surface area contributed by atoms with Crippen molar-refractivity contribution in [3.05, 3.63) is 35.6 Å². The first-order valence-corrected chi connectivity index (χ1v) is 5.35. The van der Waals surface area contributed by atoms with E-state index in [0.717, 1.165) is 0 Å². The second-order valence-electron chi connectivity index (χ2n) is 4.14. The lowest BCUT2D eigenvalue weighted by Crippen LogP contribution is -2.45. The molecule has 1 saturated heterocycles. The van der Waals surface area contributed by atoms with Gasteiger partial charge in [-0.05, 0) is 43.6 Å². The molecule has 0 radical (unpaired) electrons. The molecule has 0 aromatic heterocycles. The smallest absolute Gasteiger partial charge is 0.314 e. The van der Waals surface area contributed by atoms with Gasteiger partial charge in [0.2, 0.25) is 0 Å². The molecule has 0 atom stereocenters. The molecule has 1 aromatic carbocycles. The van der Waals surface area contributed by atoms with Gasteiger partial charge in [0.15, 0.2) is 0 Å². The van der Waals surface area contributed by atoms with Crippen molar-refractivity contribution < 1.29 is 14.3 Å². The lowest BCUT2D eigenvalue weighted by molar-refractivity contribution is -0.145. The monoisotopic (exact) mass is 295 g/mol. The maximum Gasteiger partial charge on any atom is 0.314 e. The lowest BCUT2D eigenvalue weighted by atomic mass is 9.73. The Morgan fingerprint density at radius 1 is 1.17 bits per heavy atom. The summed E-state index contributed by atoms with van der Waals surface area (Å²) in [5, 5.41) is 12.5. The number of hydrogen-bond acceptors (Lipinski definition) is 2. The number of halogens is 3. The summed E-state index contributed by atoms with van der Waals surface area (Å²) in [7, 11) is 0. The number of rotatable bonds is 2. The van der Waals surface area contributed by atoms with E-state index in [2.05, 4.69) is 5.32 Å². The van der Waals surface area contributed by atoms with Crippen molar-refractivity contribution in [3.8, 4) is 0 Å². The lowest BCUT2D eigenvalue weighted by Gasteiger charge is -2.34. The molecule has 0 spiro atoms. The van der Waals surface area contributed by atoms with Gasteiger partial charge < -0.3 is 10.4 Å². The minimum absolute atomic E-state index is 0. The third kappa shape index (κ3) is 3.13. The van der Waals surface area contributed by atoms with E-state index in [1.165, 1.54) is 12.1 Å². The van der Waals surface area contributed by atoms with Gasteiger partial charge in [-0.2, -0.15) is 0 Å². The van der Waals surface area contributed by atoms with Crippen LogP contribution in [-0.2, 0) is 10.2 Å². The molecule has 18 heavy (non-hydrogen) atoms. The number of aliphatic carboxylic acids is 1. The van der Waals surface area contributed by atoms with Crippen molar-refractivity contribution >= 4 is 30.8 Å². The predicted molar refractivity (Wildman–Crippen MR) is 72.3 cm³/mol. The minimum atomic E-state index is -0.848. The zero-order valence-electron chi connectivity index (χ0n) is 9.69. The third-order valence-electron chi connectivity index (χ3n) is 3.26. The Balaban J connectivity index is 0.00000144. The topological polar surface area (TPSA) is 49.3 Å². The Kier molecular flexibility index (Phi) is 6.60. The highest BCUT2D eigenvalue weighted by molar-refractivity contribution is 5.85. The summed E-state index contributed by atoms with van der Waals surface area (Å²) in [5.74, 6) is -1.15. The summed E-state index contributed by atoms with van der Waals surface area (Å²) in [4.78, 5) is 11.4. The van der Waals surface area contributed by atoms with Crippen LogP contribution < -0.4 is 5.32 Å².